The van der Waals surface area contributed by atoms with Crippen molar-refractivity contribution in [3.8, 4) is 5.75 Å². The van der Waals surface area contributed by atoms with E-state index in [2.05, 4.69) is 15.3 Å². The summed E-state index contributed by atoms with van der Waals surface area (Å²) >= 11 is 0. The third-order valence-electron chi connectivity index (χ3n) is 5.78. The Balaban J connectivity index is 1.39. The number of aromatic nitrogens is 3. The minimum Gasteiger partial charge on any atom is -0.490 e. The van der Waals surface area contributed by atoms with Gasteiger partial charge in [0.25, 0.3) is 0 Å². The van der Waals surface area contributed by atoms with Gasteiger partial charge in [-0.25, -0.2) is 18.7 Å². The summed E-state index contributed by atoms with van der Waals surface area (Å²) in [4.78, 5) is 8.09. The van der Waals surface area contributed by atoms with Crippen LogP contribution >= 0.6 is 0 Å². The molecule has 2 aliphatic rings. The van der Waals surface area contributed by atoms with Crippen molar-refractivity contribution in [2.24, 2.45) is 0 Å². The zero-order valence-corrected chi connectivity index (χ0v) is 15.3. The van der Waals surface area contributed by atoms with Crippen LogP contribution in [0, 0.1) is 11.6 Å². The van der Waals surface area contributed by atoms with Gasteiger partial charge in [-0.2, -0.15) is 0 Å². The lowest BCUT2D eigenvalue weighted by Gasteiger charge is -2.23. The third kappa shape index (κ3) is 2.88. The molecule has 2 unspecified atom stereocenters. The van der Waals surface area contributed by atoms with Crippen LogP contribution in [0.1, 0.15) is 36.4 Å². The highest BCUT2D eigenvalue weighted by Crippen LogP contribution is 2.37. The molecule has 6 nitrogen and oxygen atoms in total. The van der Waals surface area contributed by atoms with Gasteiger partial charge in [0.05, 0.1) is 5.39 Å². The van der Waals surface area contributed by atoms with E-state index < -0.39 is 5.82 Å². The van der Waals surface area contributed by atoms with Crippen LogP contribution in [0.3, 0.4) is 0 Å². The molecule has 1 fully saturated rings. The van der Waals surface area contributed by atoms with Crippen LogP contribution in [-0.2, 0) is 13.0 Å². The van der Waals surface area contributed by atoms with Crippen molar-refractivity contribution >= 4 is 16.9 Å². The quantitative estimate of drug-likeness (QED) is 0.724. The highest BCUT2D eigenvalue weighted by Gasteiger charge is 2.30. The van der Waals surface area contributed by atoms with Crippen molar-refractivity contribution in [1.82, 2.24) is 19.9 Å². The topological polar surface area (TPSA) is 78.0 Å². The number of anilines is 1. The largest absolute Gasteiger partial charge is 0.490 e. The molecule has 0 bridgehead atoms. The van der Waals surface area contributed by atoms with Gasteiger partial charge in [-0.15, -0.1) is 0 Å². The lowest BCUT2D eigenvalue weighted by Crippen LogP contribution is -2.25. The number of hydrogen-bond acceptors (Lipinski definition) is 5. The molecule has 28 heavy (non-hydrogen) atoms. The van der Waals surface area contributed by atoms with Gasteiger partial charge in [-0.3, -0.25) is 0 Å². The molecule has 146 valence electrons. The number of nitrogens with zero attached hydrogens (tertiary/aromatic N) is 3. The molecular weight excluding hydrogens is 364 g/mol. The molecule has 0 spiro atoms. The minimum atomic E-state index is -0.414. The summed E-state index contributed by atoms with van der Waals surface area (Å²) in [6, 6.07) is 3.12. The van der Waals surface area contributed by atoms with Crippen LogP contribution in [0.15, 0.2) is 24.7 Å². The standard InChI is InChI=1S/C20H21F2N5O/c21-12-5-11-3-4-24-8-15(11)17(6-12)28-14-2-1-13(7-14)27-9-16(22)18-19(23)25-10-26-20(18)27/h5-6,9-10,13-14,24H,1-4,7-8H2,(H2,23,25,26). The normalized spacial score (nSPS) is 21.8. The van der Waals surface area contributed by atoms with E-state index in [9.17, 15) is 8.78 Å². The van der Waals surface area contributed by atoms with Crippen molar-refractivity contribution in [3.63, 3.8) is 0 Å². The maximum atomic E-state index is 14.3. The second-order valence-corrected chi connectivity index (χ2v) is 7.52. The van der Waals surface area contributed by atoms with Gasteiger partial charge < -0.3 is 20.4 Å². The van der Waals surface area contributed by atoms with Gasteiger partial charge >= 0.3 is 0 Å². The molecule has 1 saturated carbocycles. The Hall–Kier alpha value is -2.74. The Bertz CT molecular complexity index is 1050. The second kappa shape index (κ2) is 6.70. The Morgan fingerprint density at radius 2 is 2.11 bits per heavy atom. The lowest BCUT2D eigenvalue weighted by molar-refractivity contribution is 0.201. The Labute approximate surface area is 160 Å². The summed E-state index contributed by atoms with van der Waals surface area (Å²) in [5.74, 6) is 0.0764. The fourth-order valence-corrected chi connectivity index (χ4v) is 4.43. The molecule has 2 atom stereocenters. The summed E-state index contributed by atoms with van der Waals surface area (Å²) in [5, 5.41) is 3.58. The zero-order chi connectivity index (χ0) is 19.3. The summed E-state index contributed by atoms with van der Waals surface area (Å²) < 4.78 is 36.4. The van der Waals surface area contributed by atoms with Crippen LogP contribution in [0.5, 0.6) is 5.75 Å². The highest BCUT2D eigenvalue weighted by atomic mass is 19.1. The number of nitrogens with two attached hydrogens (primary N) is 1. The molecule has 3 N–H and O–H groups in total. The Kier molecular flexibility index (Phi) is 4.16. The number of hydrogen-bond donors (Lipinski definition) is 2. The molecule has 0 amide bonds. The van der Waals surface area contributed by atoms with E-state index in [0.717, 1.165) is 36.9 Å². The smallest absolute Gasteiger partial charge is 0.154 e. The fraction of sp³-hybridized carbons (Fsp3) is 0.400. The molecular formula is C20H21F2N5O. The first-order valence-electron chi connectivity index (χ1n) is 9.55. The number of halogens is 2. The number of fused-ring (bicyclic) bond motifs is 2. The van der Waals surface area contributed by atoms with E-state index in [0.29, 0.717) is 24.4 Å². The summed E-state index contributed by atoms with van der Waals surface area (Å²) in [5.41, 5.74) is 8.35. The number of ether oxygens (including phenoxy) is 1. The van der Waals surface area contributed by atoms with E-state index in [-0.39, 0.29) is 29.2 Å². The molecule has 3 heterocycles. The monoisotopic (exact) mass is 385 g/mol. The number of nitrogen functional groups attached to an aromatic ring is 1. The van der Waals surface area contributed by atoms with E-state index >= 15 is 0 Å². The molecule has 3 aromatic rings. The second-order valence-electron chi connectivity index (χ2n) is 7.52. The van der Waals surface area contributed by atoms with Crippen molar-refractivity contribution in [2.45, 2.75) is 44.4 Å². The number of rotatable bonds is 3. The average molecular weight is 385 g/mol. The first-order chi connectivity index (χ1) is 13.6. The molecule has 1 aromatic carbocycles. The minimum absolute atomic E-state index is 0.0498. The van der Waals surface area contributed by atoms with Crippen LogP contribution < -0.4 is 15.8 Å². The SMILES string of the molecule is Nc1ncnc2c1c(F)cn2C1CCC(Oc2cc(F)cc3c2CNCC3)C1. The third-order valence-corrected chi connectivity index (χ3v) is 5.78. The molecule has 0 saturated heterocycles. The lowest BCUT2D eigenvalue weighted by atomic mass is 10.00. The first-order valence-corrected chi connectivity index (χ1v) is 9.55. The first kappa shape index (κ1) is 17.4. The van der Waals surface area contributed by atoms with Gasteiger partial charge in [-0.1, -0.05) is 0 Å². The van der Waals surface area contributed by atoms with Gasteiger partial charge in [0.15, 0.2) is 5.82 Å². The predicted octanol–water partition coefficient (Wildman–Crippen LogP) is 3.11. The van der Waals surface area contributed by atoms with Crippen molar-refractivity contribution < 1.29 is 13.5 Å². The summed E-state index contributed by atoms with van der Waals surface area (Å²) in [6.07, 6.45) is 5.87. The maximum Gasteiger partial charge on any atom is 0.154 e. The summed E-state index contributed by atoms with van der Waals surface area (Å²) in [7, 11) is 0. The van der Waals surface area contributed by atoms with E-state index in [1.165, 1.54) is 18.6 Å². The van der Waals surface area contributed by atoms with Crippen LogP contribution in [-0.4, -0.2) is 27.2 Å². The van der Waals surface area contributed by atoms with Crippen molar-refractivity contribution in [2.75, 3.05) is 12.3 Å². The fourth-order valence-electron chi connectivity index (χ4n) is 4.43. The summed E-state index contributed by atoms with van der Waals surface area (Å²) in [6.45, 7) is 1.53. The predicted molar refractivity (Wildman–Crippen MR) is 101 cm³/mol. The Morgan fingerprint density at radius 3 is 3.00 bits per heavy atom. The van der Waals surface area contributed by atoms with Crippen LogP contribution in [0.2, 0.25) is 0 Å². The van der Waals surface area contributed by atoms with Crippen molar-refractivity contribution in [3.05, 3.63) is 47.4 Å². The number of nitrogens with one attached hydrogen (secondary N) is 1. The molecule has 1 aliphatic heterocycles. The van der Waals surface area contributed by atoms with Gasteiger partial charge in [-0.05, 0) is 37.4 Å². The Morgan fingerprint density at radius 1 is 1.21 bits per heavy atom. The van der Waals surface area contributed by atoms with Crippen LogP contribution in [0.4, 0.5) is 14.6 Å². The molecule has 8 heteroatoms. The van der Waals surface area contributed by atoms with Gasteiger partial charge in [0.2, 0.25) is 0 Å². The maximum absolute atomic E-state index is 14.3. The van der Waals surface area contributed by atoms with Gasteiger partial charge in [0.1, 0.15) is 35.5 Å². The highest BCUT2D eigenvalue weighted by molar-refractivity contribution is 5.86. The van der Waals surface area contributed by atoms with Crippen molar-refractivity contribution in [1.29, 1.82) is 0 Å². The zero-order valence-electron chi connectivity index (χ0n) is 15.3. The van der Waals surface area contributed by atoms with Crippen LogP contribution in [0.25, 0.3) is 11.0 Å². The average Bonchev–Trinajstić information content (AvgIpc) is 3.27. The van der Waals surface area contributed by atoms with E-state index in [1.54, 1.807) is 6.07 Å². The molecule has 5 rings (SSSR count). The molecule has 2 aromatic heterocycles. The van der Waals surface area contributed by atoms with E-state index in [4.69, 9.17) is 10.5 Å². The van der Waals surface area contributed by atoms with E-state index in [1.807, 2.05) is 4.57 Å². The molecule has 1 aliphatic carbocycles. The molecule has 0 radical (unpaired) electrons. The van der Waals surface area contributed by atoms with Gasteiger partial charge in [0, 0.05) is 36.8 Å². The number of benzene rings is 1.